The number of piperidine rings is 1. The van der Waals surface area contributed by atoms with Gasteiger partial charge in [-0.2, -0.15) is 0 Å². The van der Waals surface area contributed by atoms with Gasteiger partial charge in [0.1, 0.15) is 5.82 Å². The molecule has 0 radical (unpaired) electrons. The molecule has 1 saturated heterocycles. The Morgan fingerprint density at radius 2 is 1.87 bits per heavy atom. The number of carbonyl (C=O) groups is 2. The van der Waals surface area contributed by atoms with Gasteiger partial charge in [0.2, 0.25) is 5.91 Å². The molecule has 2 amide bonds. The van der Waals surface area contributed by atoms with E-state index in [1.54, 1.807) is 17.4 Å². The molecule has 7 heteroatoms. The monoisotopic (exact) mass is 420 g/mol. The van der Waals surface area contributed by atoms with E-state index >= 15 is 0 Å². The number of nitrogens with one attached hydrogen (secondary N) is 1. The Morgan fingerprint density at radius 1 is 1.13 bits per heavy atom. The molecule has 1 fully saturated rings. The van der Waals surface area contributed by atoms with Crippen LogP contribution in [0.4, 0.5) is 4.39 Å². The number of hydrogen-bond donors (Lipinski definition) is 1. The van der Waals surface area contributed by atoms with Crippen LogP contribution in [-0.2, 0) is 4.79 Å². The highest BCUT2D eigenvalue weighted by atomic mass is 19.1. The summed E-state index contributed by atoms with van der Waals surface area (Å²) in [6.45, 7) is 2.92. The number of aromatic nitrogens is 2. The van der Waals surface area contributed by atoms with Gasteiger partial charge < -0.3 is 14.8 Å². The minimum Gasteiger partial charge on any atom is -0.349 e. The van der Waals surface area contributed by atoms with Gasteiger partial charge in [-0.05, 0) is 61.7 Å². The van der Waals surface area contributed by atoms with Gasteiger partial charge in [0.15, 0.2) is 0 Å². The van der Waals surface area contributed by atoms with Gasteiger partial charge in [-0.3, -0.25) is 9.59 Å². The lowest BCUT2D eigenvalue weighted by Gasteiger charge is -2.32. The Morgan fingerprint density at radius 3 is 2.55 bits per heavy atom. The SMILES string of the molecule is C[C@H](NC(=O)[C@@H]1CCCN(C(=O)c2ccc(F)cc2)C1)c1ccc(-n2ccnc2)cc1. The van der Waals surface area contributed by atoms with Crippen LogP contribution in [0.5, 0.6) is 0 Å². The van der Waals surface area contributed by atoms with E-state index < -0.39 is 0 Å². The second-order valence-electron chi connectivity index (χ2n) is 7.89. The van der Waals surface area contributed by atoms with Crippen molar-refractivity contribution in [3.05, 3.63) is 84.2 Å². The molecule has 3 aromatic rings. The summed E-state index contributed by atoms with van der Waals surface area (Å²) in [4.78, 5) is 31.3. The Bertz CT molecular complexity index is 1030. The van der Waals surface area contributed by atoms with E-state index in [2.05, 4.69) is 10.3 Å². The molecule has 2 heterocycles. The first-order valence-electron chi connectivity index (χ1n) is 10.4. The Labute approximate surface area is 180 Å². The van der Waals surface area contributed by atoms with Crippen LogP contribution in [0, 0.1) is 11.7 Å². The van der Waals surface area contributed by atoms with Crippen molar-refractivity contribution in [3.63, 3.8) is 0 Å². The lowest BCUT2D eigenvalue weighted by Crippen LogP contribution is -2.45. The predicted molar refractivity (Wildman–Crippen MR) is 115 cm³/mol. The fraction of sp³-hybridized carbons (Fsp3) is 0.292. The maximum absolute atomic E-state index is 13.1. The number of amides is 2. The third-order valence-electron chi connectivity index (χ3n) is 5.72. The van der Waals surface area contributed by atoms with Crippen molar-refractivity contribution in [1.82, 2.24) is 19.8 Å². The maximum Gasteiger partial charge on any atom is 0.253 e. The fourth-order valence-corrected chi connectivity index (χ4v) is 3.91. The van der Waals surface area contributed by atoms with Gasteiger partial charge in [-0.1, -0.05) is 12.1 Å². The van der Waals surface area contributed by atoms with Gasteiger partial charge in [-0.15, -0.1) is 0 Å². The Balaban J connectivity index is 1.36. The molecule has 1 aromatic heterocycles. The van der Waals surface area contributed by atoms with Crippen molar-refractivity contribution < 1.29 is 14.0 Å². The molecule has 1 aliphatic heterocycles. The van der Waals surface area contributed by atoms with Gasteiger partial charge >= 0.3 is 0 Å². The topological polar surface area (TPSA) is 67.2 Å². The van der Waals surface area contributed by atoms with Crippen molar-refractivity contribution in [2.24, 2.45) is 5.92 Å². The predicted octanol–water partition coefficient (Wildman–Crippen LogP) is 3.74. The minimum atomic E-state index is -0.375. The van der Waals surface area contributed by atoms with Gasteiger partial charge in [0, 0.05) is 36.7 Å². The smallest absolute Gasteiger partial charge is 0.253 e. The highest BCUT2D eigenvalue weighted by molar-refractivity contribution is 5.94. The van der Waals surface area contributed by atoms with Crippen LogP contribution in [0.2, 0.25) is 0 Å². The molecule has 0 spiro atoms. The number of imidazole rings is 1. The molecule has 0 saturated carbocycles. The standard InChI is InChI=1S/C24H25FN4O2/c1-17(18-6-10-22(11-7-18)29-14-12-26-16-29)27-23(30)20-3-2-13-28(15-20)24(31)19-4-8-21(25)9-5-19/h4-12,14,16-17,20H,2-3,13,15H2,1H3,(H,27,30)/t17-,20+/m0/s1. The molecule has 0 bridgehead atoms. The van der Waals surface area contributed by atoms with Crippen molar-refractivity contribution >= 4 is 11.8 Å². The van der Waals surface area contributed by atoms with Crippen LogP contribution in [0.3, 0.4) is 0 Å². The molecule has 0 unspecified atom stereocenters. The number of hydrogen-bond acceptors (Lipinski definition) is 3. The van der Waals surface area contributed by atoms with E-state index in [0.29, 0.717) is 18.7 Å². The first-order chi connectivity index (χ1) is 15.0. The van der Waals surface area contributed by atoms with Crippen LogP contribution >= 0.6 is 0 Å². The summed E-state index contributed by atoms with van der Waals surface area (Å²) in [7, 11) is 0. The van der Waals surface area contributed by atoms with Crippen LogP contribution in [0.15, 0.2) is 67.3 Å². The lowest BCUT2D eigenvalue weighted by atomic mass is 9.95. The quantitative estimate of drug-likeness (QED) is 0.684. The summed E-state index contributed by atoms with van der Waals surface area (Å²) in [6, 6.07) is 13.3. The molecule has 160 valence electrons. The normalized spacial score (nSPS) is 17.2. The zero-order valence-electron chi connectivity index (χ0n) is 17.4. The number of benzene rings is 2. The average molecular weight is 420 g/mol. The number of nitrogens with zero attached hydrogens (tertiary/aromatic N) is 3. The molecule has 0 aliphatic carbocycles. The van der Waals surface area contributed by atoms with E-state index in [4.69, 9.17) is 0 Å². The summed E-state index contributed by atoms with van der Waals surface area (Å²) in [5.41, 5.74) is 2.45. The number of likely N-dealkylation sites (tertiary alicyclic amines) is 1. The second kappa shape index (κ2) is 9.12. The van der Waals surface area contributed by atoms with E-state index in [-0.39, 0.29) is 29.6 Å². The molecule has 2 aromatic carbocycles. The molecule has 4 rings (SSSR count). The highest BCUT2D eigenvalue weighted by Gasteiger charge is 2.29. The van der Waals surface area contributed by atoms with Gasteiger partial charge in [-0.25, -0.2) is 9.37 Å². The van der Waals surface area contributed by atoms with Gasteiger partial charge in [0.05, 0.1) is 18.3 Å². The minimum absolute atomic E-state index is 0.0530. The van der Waals surface area contributed by atoms with E-state index in [0.717, 1.165) is 24.1 Å². The largest absolute Gasteiger partial charge is 0.349 e. The van der Waals surface area contributed by atoms with Crippen LogP contribution in [0.25, 0.3) is 5.69 Å². The third-order valence-corrected chi connectivity index (χ3v) is 5.72. The lowest BCUT2D eigenvalue weighted by molar-refractivity contribution is -0.127. The number of rotatable bonds is 5. The average Bonchev–Trinajstić information content (AvgIpc) is 3.34. The summed E-state index contributed by atoms with van der Waals surface area (Å²) in [5.74, 6) is -0.853. The van der Waals surface area contributed by atoms with Gasteiger partial charge in [0.25, 0.3) is 5.91 Å². The Kier molecular flexibility index (Phi) is 6.11. The van der Waals surface area contributed by atoms with Crippen molar-refractivity contribution in [1.29, 1.82) is 0 Å². The summed E-state index contributed by atoms with van der Waals surface area (Å²) in [6.07, 6.45) is 6.85. The molecule has 2 atom stereocenters. The van der Waals surface area contributed by atoms with Crippen molar-refractivity contribution in [3.8, 4) is 5.69 Å². The van der Waals surface area contributed by atoms with E-state index in [9.17, 15) is 14.0 Å². The van der Waals surface area contributed by atoms with E-state index in [1.165, 1.54) is 24.3 Å². The highest BCUT2D eigenvalue weighted by Crippen LogP contribution is 2.21. The third kappa shape index (κ3) is 4.82. The molecular formula is C24H25FN4O2. The van der Waals surface area contributed by atoms with Crippen LogP contribution in [0.1, 0.15) is 41.7 Å². The fourth-order valence-electron chi connectivity index (χ4n) is 3.91. The summed E-state index contributed by atoms with van der Waals surface area (Å²) in [5, 5.41) is 3.08. The zero-order valence-corrected chi connectivity index (χ0v) is 17.4. The maximum atomic E-state index is 13.1. The van der Waals surface area contributed by atoms with Crippen molar-refractivity contribution in [2.75, 3.05) is 13.1 Å². The number of halogens is 1. The number of carbonyl (C=O) groups excluding carboxylic acids is 2. The van der Waals surface area contributed by atoms with E-state index in [1.807, 2.05) is 42.0 Å². The Hall–Kier alpha value is -3.48. The summed E-state index contributed by atoms with van der Waals surface area (Å²) >= 11 is 0. The second-order valence-corrected chi connectivity index (χ2v) is 7.89. The van der Waals surface area contributed by atoms with Crippen molar-refractivity contribution in [2.45, 2.75) is 25.8 Å². The van der Waals surface area contributed by atoms with Crippen LogP contribution in [-0.4, -0.2) is 39.4 Å². The zero-order chi connectivity index (χ0) is 21.8. The molecular weight excluding hydrogens is 395 g/mol. The first kappa shape index (κ1) is 20.8. The van der Waals surface area contributed by atoms with Crippen LogP contribution < -0.4 is 5.32 Å². The molecule has 1 N–H and O–H groups in total. The summed E-state index contributed by atoms with van der Waals surface area (Å²) < 4.78 is 15.1. The molecule has 31 heavy (non-hydrogen) atoms. The first-order valence-corrected chi connectivity index (χ1v) is 10.4. The molecule has 6 nitrogen and oxygen atoms in total. The molecule has 1 aliphatic rings.